The number of carbonyl (C=O) groups is 1. The Balaban J connectivity index is 1.71. The first-order chi connectivity index (χ1) is 11.5. The molecule has 1 fully saturated rings. The fourth-order valence-corrected chi connectivity index (χ4v) is 4.93. The summed E-state index contributed by atoms with van der Waals surface area (Å²) in [5, 5.41) is 10.3. The number of aromatic nitrogens is 2. The SMILES string of the molecule is O=C(Nc1nnc(S(=O)(=O)NC2CCCC2)s1)c1ccccc1Cl. The van der Waals surface area contributed by atoms with Gasteiger partial charge < -0.3 is 0 Å². The van der Waals surface area contributed by atoms with Gasteiger partial charge in [-0.3, -0.25) is 10.1 Å². The van der Waals surface area contributed by atoms with Crippen LogP contribution in [0, 0.1) is 0 Å². The molecular weight excluding hydrogens is 372 g/mol. The molecule has 1 saturated carbocycles. The molecule has 0 unspecified atom stereocenters. The Morgan fingerprint density at radius 3 is 2.62 bits per heavy atom. The van der Waals surface area contributed by atoms with Gasteiger partial charge in [-0.1, -0.05) is 47.9 Å². The summed E-state index contributed by atoms with van der Waals surface area (Å²) < 4.78 is 27.0. The van der Waals surface area contributed by atoms with Crippen LogP contribution in [-0.4, -0.2) is 30.6 Å². The summed E-state index contributed by atoms with van der Waals surface area (Å²) in [6.07, 6.45) is 3.69. The van der Waals surface area contributed by atoms with E-state index in [1.54, 1.807) is 24.3 Å². The predicted octanol–water partition coefficient (Wildman–Crippen LogP) is 2.66. The van der Waals surface area contributed by atoms with Crippen molar-refractivity contribution >= 4 is 44.0 Å². The van der Waals surface area contributed by atoms with Gasteiger partial charge in [-0.05, 0) is 25.0 Å². The van der Waals surface area contributed by atoms with Crippen molar-refractivity contribution in [2.45, 2.75) is 36.1 Å². The average molecular weight is 387 g/mol. The Morgan fingerprint density at radius 2 is 1.92 bits per heavy atom. The summed E-state index contributed by atoms with van der Waals surface area (Å²) in [5.41, 5.74) is 0.280. The number of benzene rings is 1. The van der Waals surface area contributed by atoms with Crippen LogP contribution in [0.3, 0.4) is 0 Å². The van der Waals surface area contributed by atoms with E-state index in [-0.39, 0.29) is 21.1 Å². The lowest BCUT2D eigenvalue weighted by Crippen LogP contribution is -2.32. The highest BCUT2D eigenvalue weighted by atomic mass is 35.5. The molecule has 1 aromatic carbocycles. The third-order valence-corrected chi connectivity index (χ3v) is 6.71. The molecule has 10 heteroatoms. The maximum Gasteiger partial charge on any atom is 0.270 e. The fourth-order valence-electron chi connectivity index (χ4n) is 2.49. The predicted molar refractivity (Wildman–Crippen MR) is 91.9 cm³/mol. The van der Waals surface area contributed by atoms with E-state index in [0.29, 0.717) is 5.02 Å². The second-order valence-electron chi connectivity index (χ2n) is 5.41. The van der Waals surface area contributed by atoms with E-state index in [9.17, 15) is 13.2 Å². The van der Waals surface area contributed by atoms with Crippen molar-refractivity contribution < 1.29 is 13.2 Å². The van der Waals surface area contributed by atoms with Crippen LogP contribution < -0.4 is 10.0 Å². The normalized spacial score (nSPS) is 15.5. The fraction of sp³-hybridized carbons (Fsp3) is 0.357. The second-order valence-corrected chi connectivity index (χ2v) is 8.68. The van der Waals surface area contributed by atoms with E-state index in [0.717, 1.165) is 37.0 Å². The van der Waals surface area contributed by atoms with E-state index >= 15 is 0 Å². The standard InChI is InChI=1S/C14H15ClN4O3S2/c15-11-8-4-3-7-10(11)12(20)16-13-17-18-14(23-13)24(21,22)19-9-5-1-2-6-9/h3-4,7-9,19H,1-2,5-6H2,(H,16,17,20). The molecule has 2 aromatic rings. The quantitative estimate of drug-likeness (QED) is 0.769. The highest BCUT2D eigenvalue weighted by Crippen LogP contribution is 2.24. The molecule has 0 saturated heterocycles. The molecule has 128 valence electrons. The lowest BCUT2D eigenvalue weighted by molar-refractivity contribution is 0.102. The summed E-state index contributed by atoms with van der Waals surface area (Å²) in [6, 6.07) is 6.50. The summed E-state index contributed by atoms with van der Waals surface area (Å²) in [4.78, 5) is 12.2. The second kappa shape index (κ2) is 7.14. The molecule has 1 aliphatic rings. The van der Waals surface area contributed by atoms with Crippen LogP contribution in [0.25, 0.3) is 0 Å². The highest BCUT2D eigenvalue weighted by molar-refractivity contribution is 7.91. The van der Waals surface area contributed by atoms with Gasteiger partial charge in [0.05, 0.1) is 10.6 Å². The van der Waals surface area contributed by atoms with Gasteiger partial charge in [0.15, 0.2) is 0 Å². The summed E-state index contributed by atoms with van der Waals surface area (Å²) >= 11 is 6.76. The molecule has 1 heterocycles. The minimum absolute atomic E-state index is 0.0555. The number of nitrogens with zero attached hydrogens (tertiary/aromatic N) is 2. The number of carbonyl (C=O) groups excluding carboxylic acids is 1. The molecule has 0 spiro atoms. The van der Waals surface area contributed by atoms with Crippen LogP contribution in [-0.2, 0) is 10.0 Å². The molecular formula is C14H15ClN4O3S2. The molecule has 1 aromatic heterocycles. The van der Waals surface area contributed by atoms with Crippen LogP contribution in [0.4, 0.5) is 5.13 Å². The number of halogens is 1. The summed E-state index contributed by atoms with van der Waals surface area (Å²) in [6.45, 7) is 0. The molecule has 0 bridgehead atoms. The van der Waals surface area contributed by atoms with Crippen molar-refractivity contribution in [1.29, 1.82) is 0 Å². The van der Waals surface area contributed by atoms with Gasteiger partial charge in [0.25, 0.3) is 15.9 Å². The molecule has 0 aliphatic heterocycles. The molecule has 3 rings (SSSR count). The molecule has 0 radical (unpaired) electrons. The number of rotatable bonds is 5. The van der Waals surface area contributed by atoms with Crippen LogP contribution in [0.15, 0.2) is 28.6 Å². The van der Waals surface area contributed by atoms with E-state index in [1.807, 2.05) is 0 Å². The van der Waals surface area contributed by atoms with Crippen LogP contribution >= 0.6 is 22.9 Å². The van der Waals surface area contributed by atoms with Gasteiger partial charge >= 0.3 is 0 Å². The van der Waals surface area contributed by atoms with Crippen LogP contribution in [0.2, 0.25) is 5.02 Å². The average Bonchev–Trinajstić information content (AvgIpc) is 3.19. The van der Waals surface area contributed by atoms with Crippen molar-refractivity contribution in [1.82, 2.24) is 14.9 Å². The van der Waals surface area contributed by atoms with Crippen molar-refractivity contribution in [2.24, 2.45) is 0 Å². The molecule has 24 heavy (non-hydrogen) atoms. The number of hydrogen-bond donors (Lipinski definition) is 2. The zero-order valence-electron chi connectivity index (χ0n) is 12.5. The largest absolute Gasteiger partial charge is 0.296 e. The zero-order valence-corrected chi connectivity index (χ0v) is 14.9. The Labute approximate surface area is 148 Å². The van der Waals surface area contributed by atoms with E-state index in [2.05, 4.69) is 20.2 Å². The number of nitrogens with one attached hydrogen (secondary N) is 2. The minimum atomic E-state index is -3.71. The first-order valence-electron chi connectivity index (χ1n) is 7.37. The highest BCUT2D eigenvalue weighted by Gasteiger charge is 2.26. The number of amides is 1. The maximum absolute atomic E-state index is 12.3. The van der Waals surface area contributed by atoms with Crippen molar-refractivity contribution in [2.75, 3.05) is 5.32 Å². The van der Waals surface area contributed by atoms with Crippen molar-refractivity contribution in [3.05, 3.63) is 34.9 Å². The van der Waals surface area contributed by atoms with Gasteiger partial charge in [-0.2, -0.15) is 0 Å². The topological polar surface area (TPSA) is 101 Å². The smallest absolute Gasteiger partial charge is 0.270 e. The Bertz CT molecular complexity index is 847. The molecule has 1 amide bonds. The zero-order chi connectivity index (χ0) is 17.2. The van der Waals surface area contributed by atoms with Gasteiger partial charge in [-0.15, -0.1) is 10.2 Å². The molecule has 7 nitrogen and oxygen atoms in total. The van der Waals surface area contributed by atoms with Gasteiger partial charge in [0, 0.05) is 6.04 Å². The maximum atomic E-state index is 12.3. The van der Waals surface area contributed by atoms with Crippen LogP contribution in [0.1, 0.15) is 36.0 Å². The molecule has 0 atom stereocenters. The number of hydrogen-bond acceptors (Lipinski definition) is 6. The monoisotopic (exact) mass is 386 g/mol. The minimum Gasteiger partial charge on any atom is -0.296 e. The first-order valence-corrected chi connectivity index (χ1v) is 10.1. The van der Waals surface area contributed by atoms with E-state index in [4.69, 9.17) is 11.6 Å². The third-order valence-electron chi connectivity index (χ3n) is 3.65. The summed E-state index contributed by atoms with van der Waals surface area (Å²) in [7, 11) is -3.71. The van der Waals surface area contributed by atoms with Gasteiger partial charge in [-0.25, -0.2) is 13.1 Å². The number of anilines is 1. The van der Waals surface area contributed by atoms with E-state index in [1.165, 1.54) is 0 Å². The Kier molecular flexibility index (Phi) is 5.14. The Hall–Kier alpha value is -1.55. The Morgan fingerprint density at radius 1 is 1.21 bits per heavy atom. The lowest BCUT2D eigenvalue weighted by Gasteiger charge is -2.09. The number of sulfonamides is 1. The lowest BCUT2D eigenvalue weighted by atomic mass is 10.2. The van der Waals surface area contributed by atoms with Crippen molar-refractivity contribution in [3.63, 3.8) is 0 Å². The van der Waals surface area contributed by atoms with E-state index < -0.39 is 15.9 Å². The molecule has 2 N–H and O–H groups in total. The van der Waals surface area contributed by atoms with Crippen LogP contribution in [0.5, 0.6) is 0 Å². The third kappa shape index (κ3) is 3.92. The van der Waals surface area contributed by atoms with Crippen molar-refractivity contribution in [3.8, 4) is 0 Å². The van der Waals surface area contributed by atoms with Gasteiger partial charge in [0.2, 0.25) is 9.47 Å². The first kappa shape index (κ1) is 17.3. The van der Waals surface area contributed by atoms with Gasteiger partial charge in [0.1, 0.15) is 0 Å². The summed E-state index contributed by atoms with van der Waals surface area (Å²) in [5.74, 6) is -0.468. The molecule has 1 aliphatic carbocycles.